The van der Waals surface area contributed by atoms with Crippen molar-refractivity contribution in [3.63, 3.8) is 0 Å². The van der Waals surface area contributed by atoms with Crippen molar-refractivity contribution in [3.8, 4) is 0 Å². The number of carbonyl (C=O) groups excluding carboxylic acids is 1. The summed E-state index contributed by atoms with van der Waals surface area (Å²) >= 11 is 0. The van der Waals surface area contributed by atoms with E-state index in [-0.39, 0.29) is 18.9 Å². The lowest BCUT2D eigenvalue weighted by molar-refractivity contribution is -0.124. The van der Waals surface area contributed by atoms with Gasteiger partial charge in [0, 0.05) is 0 Å². The molecule has 1 amide bonds. The average Bonchev–Trinajstić information content (AvgIpc) is 3.00. The van der Waals surface area contributed by atoms with Gasteiger partial charge in [0.25, 0.3) is 0 Å². The van der Waals surface area contributed by atoms with Crippen LogP contribution >= 0.6 is 0 Å². The Bertz CT molecular complexity index is 675. The minimum atomic E-state index is -0.927. The van der Waals surface area contributed by atoms with E-state index < -0.39 is 18.2 Å². The second kappa shape index (κ2) is 33.5. The normalized spacial score (nSPS) is 14.3. The van der Waals surface area contributed by atoms with Gasteiger partial charge < -0.3 is 20.6 Å². The number of hydrogen-bond donors (Lipinski definition) is 4. The summed E-state index contributed by atoms with van der Waals surface area (Å²) < 4.78 is 0. The molecule has 0 saturated carbocycles. The summed E-state index contributed by atoms with van der Waals surface area (Å²) in [6, 6.07) is -0.743. The number of aliphatic hydroxyl groups is 3. The van der Waals surface area contributed by atoms with Gasteiger partial charge >= 0.3 is 0 Å². The maximum atomic E-state index is 12.3. The fraction of sp³-hybridized carbons (Fsp3) is 0.816. The van der Waals surface area contributed by atoms with Gasteiger partial charge in [-0.05, 0) is 44.9 Å². The third kappa shape index (κ3) is 30.4. The molecule has 0 fully saturated rings. The van der Waals surface area contributed by atoms with Gasteiger partial charge in [0.15, 0.2) is 0 Å². The zero-order valence-electron chi connectivity index (χ0n) is 28.3. The van der Waals surface area contributed by atoms with Crippen LogP contribution in [0.15, 0.2) is 36.5 Å². The van der Waals surface area contributed by atoms with Crippen molar-refractivity contribution in [1.82, 2.24) is 5.32 Å². The summed E-state index contributed by atoms with van der Waals surface area (Å²) in [5.41, 5.74) is 0. The Labute approximate surface area is 266 Å². The van der Waals surface area contributed by atoms with Gasteiger partial charge in [0.05, 0.1) is 31.3 Å². The Morgan fingerprint density at radius 1 is 0.605 bits per heavy atom. The van der Waals surface area contributed by atoms with Crippen LogP contribution in [0, 0.1) is 0 Å². The molecule has 0 spiro atoms. The first kappa shape index (κ1) is 41.6. The van der Waals surface area contributed by atoms with E-state index in [0.29, 0.717) is 6.42 Å². The SMILES string of the molecule is CCCCC/C=C\C=C/CCCCCCCCCCC(O)CC(=O)NC(CO)C(O)/C=C/CCCCCCCCCCC. The number of rotatable bonds is 32. The molecule has 252 valence electrons. The van der Waals surface area contributed by atoms with E-state index in [2.05, 4.69) is 43.5 Å². The molecule has 0 bridgehead atoms. The molecule has 43 heavy (non-hydrogen) atoms. The zero-order chi connectivity index (χ0) is 31.6. The number of hydrogen-bond acceptors (Lipinski definition) is 4. The van der Waals surface area contributed by atoms with Crippen molar-refractivity contribution in [3.05, 3.63) is 36.5 Å². The van der Waals surface area contributed by atoms with Gasteiger partial charge in [-0.15, -0.1) is 0 Å². The first-order chi connectivity index (χ1) is 21.0. The van der Waals surface area contributed by atoms with Crippen molar-refractivity contribution in [2.45, 2.75) is 193 Å². The Hall–Kier alpha value is -1.43. The van der Waals surface area contributed by atoms with Crippen LogP contribution < -0.4 is 5.32 Å². The lowest BCUT2D eigenvalue weighted by Crippen LogP contribution is -2.45. The minimum absolute atomic E-state index is 0.00841. The Kier molecular flexibility index (Phi) is 32.3. The molecule has 0 aromatic heterocycles. The summed E-state index contributed by atoms with van der Waals surface area (Å²) in [6.07, 6.45) is 39.8. The molecule has 5 heteroatoms. The Balaban J connectivity index is 3.74. The lowest BCUT2D eigenvalue weighted by Gasteiger charge is -2.21. The number of amides is 1. The van der Waals surface area contributed by atoms with Crippen molar-refractivity contribution >= 4 is 5.91 Å². The third-order valence-corrected chi connectivity index (χ3v) is 8.20. The molecule has 0 aliphatic carbocycles. The van der Waals surface area contributed by atoms with Crippen LogP contribution in [0.4, 0.5) is 0 Å². The molecule has 0 rings (SSSR count). The fourth-order valence-corrected chi connectivity index (χ4v) is 5.33. The van der Waals surface area contributed by atoms with Crippen LogP contribution in [0.1, 0.15) is 174 Å². The van der Waals surface area contributed by atoms with Gasteiger partial charge in [-0.2, -0.15) is 0 Å². The van der Waals surface area contributed by atoms with Gasteiger partial charge in [-0.25, -0.2) is 0 Å². The van der Waals surface area contributed by atoms with Gasteiger partial charge in [-0.3, -0.25) is 4.79 Å². The first-order valence-corrected chi connectivity index (χ1v) is 18.3. The van der Waals surface area contributed by atoms with Crippen molar-refractivity contribution in [2.75, 3.05) is 6.61 Å². The molecule has 0 aromatic rings. The van der Waals surface area contributed by atoms with Crippen LogP contribution in [0.25, 0.3) is 0 Å². The second-order valence-corrected chi connectivity index (χ2v) is 12.5. The van der Waals surface area contributed by atoms with E-state index >= 15 is 0 Å². The van der Waals surface area contributed by atoms with E-state index in [1.54, 1.807) is 6.08 Å². The number of unbranched alkanes of at least 4 members (excludes halogenated alkanes) is 20. The van der Waals surface area contributed by atoms with Gasteiger partial charge in [0.2, 0.25) is 5.91 Å². The molecule has 0 aliphatic rings. The monoisotopic (exact) mass is 606 g/mol. The number of carbonyl (C=O) groups is 1. The highest BCUT2D eigenvalue weighted by atomic mass is 16.3. The van der Waals surface area contributed by atoms with Crippen molar-refractivity contribution < 1.29 is 20.1 Å². The molecule has 0 heterocycles. The summed E-state index contributed by atoms with van der Waals surface area (Å²) in [5.74, 6) is -0.323. The first-order valence-electron chi connectivity index (χ1n) is 18.3. The lowest BCUT2D eigenvalue weighted by atomic mass is 10.0. The molecule has 0 saturated heterocycles. The maximum absolute atomic E-state index is 12.3. The molecule has 0 radical (unpaired) electrons. The molecular weight excluding hydrogens is 534 g/mol. The average molecular weight is 606 g/mol. The maximum Gasteiger partial charge on any atom is 0.222 e. The van der Waals surface area contributed by atoms with Crippen LogP contribution in [0.5, 0.6) is 0 Å². The van der Waals surface area contributed by atoms with E-state index in [1.165, 1.54) is 122 Å². The summed E-state index contributed by atoms with van der Waals surface area (Å²) in [6.45, 7) is 4.15. The molecule has 5 nitrogen and oxygen atoms in total. The molecule has 3 unspecified atom stereocenters. The number of aliphatic hydroxyl groups excluding tert-OH is 3. The molecule has 3 atom stereocenters. The van der Waals surface area contributed by atoms with E-state index in [1.807, 2.05) is 6.08 Å². The largest absolute Gasteiger partial charge is 0.394 e. The number of allylic oxidation sites excluding steroid dienone is 5. The third-order valence-electron chi connectivity index (χ3n) is 8.20. The van der Waals surface area contributed by atoms with E-state index in [4.69, 9.17) is 0 Å². The van der Waals surface area contributed by atoms with Crippen molar-refractivity contribution in [1.29, 1.82) is 0 Å². The summed E-state index contributed by atoms with van der Waals surface area (Å²) in [4.78, 5) is 12.3. The molecule has 0 aliphatic heterocycles. The predicted octanol–water partition coefficient (Wildman–Crippen LogP) is 9.65. The highest BCUT2D eigenvalue weighted by molar-refractivity contribution is 5.76. The molecular formula is C38H71NO4. The second-order valence-electron chi connectivity index (χ2n) is 12.5. The smallest absolute Gasteiger partial charge is 0.222 e. The zero-order valence-corrected chi connectivity index (χ0v) is 28.3. The molecule has 4 N–H and O–H groups in total. The summed E-state index contributed by atoms with van der Waals surface area (Å²) in [7, 11) is 0. The van der Waals surface area contributed by atoms with Crippen LogP contribution in [-0.2, 0) is 4.79 Å². The Morgan fingerprint density at radius 3 is 1.53 bits per heavy atom. The highest BCUT2D eigenvalue weighted by Crippen LogP contribution is 2.14. The topological polar surface area (TPSA) is 89.8 Å². The standard InChI is InChI=1S/C38H71NO4/c1-3-5-7-9-11-13-15-16-17-18-19-20-22-23-25-27-29-31-35(41)33-38(43)39-36(34-40)37(42)32-30-28-26-24-21-14-12-10-8-6-4-2/h11,13,15-16,30,32,35-37,40-42H,3-10,12,14,17-29,31,33-34H2,1-2H3,(H,39,43)/b13-11-,16-15-,32-30+. The Morgan fingerprint density at radius 2 is 1.02 bits per heavy atom. The van der Waals surface area contributed by atoms with E-state index in [0.717, 1.165) is 25.7 Å². The number of nitrogens with one attached hydrogen (secondary N) is 1. The summed E-state index contributed by atoms with van der Waals surface area (Å²) in [5, 5.41) is 33.0. The fourth-order valence-electron chi connectivity index (χ4n) is 5.33. The van der Waals surface area contributed by atoms with Crippen LogP contribution in [-0.4, -0.2) is 46.1 Å². The van der Waals surface area contributed by atoms with E-state index in [9.17, 15) is 20.1 Å². The van der Waals surface area contributed by atoms with Crippen LogP contribution in [0.3, 0.4) is 0 Å². The van der Waals surface area contributed by atoms with Gasteiger partial charge in [-0.1, -0.05) is 159 Å². The molecule has 0 aromatic carbocycles. The minimum Gasteiger partial charge on any atom is -0.394 e. The van der Waals surface area contributed by atoms with Crippen molar-refractivity contribution in [2.24, 2.45) is 0 Å². The van der Waals surface area contributed by atoms with Crippen LogP contribution in [0.2, 0.25) is 0 Å². The predicted molar refractivity (Wildman–Crippen MR) is 185 cm³/mol. The van der Waals surface area contributed by atoms with Gasteiger partial charge in [0.1, 0.15) is 0 Å². The quantitative estimate of drug-likeness (QED) is 0.0349. The highest BCUT2D eigenvalue weighted by Gasteiger charge is 2.20.